The molecular weight excluding hydrogens is 389 g/mol. The molecule has 150 valence electrons. The number of carbonyl (C=O) groups is 1. The predicted octanol–water partition coefficient (Wildman–Crippen LogP) is 5.28. The van der Waals surface area contributed by atoms with Crippen LogP contribution < -0.4 is 14.9 Å². The van der Waals surface area contributed by atoms with Crippen LogP contribution in [-0.4, -0.2) is 17.1 Å². The fourth-order valence-corrected chi connectivity index (χ4v) is 4.48. The highest BCUT2D eigenvalue weighted by molar-refractivity contribution is 7.07. The number of carbonyl (C=O) groups excluding carboxylic acids is 1. The minimum Gasteiger partial charge on any atom is -0.482 e. The summed E-state index contributed by atoms with van der Waals surface area (Å²) in [5.74, 6) is 0.154. The average Bonchev–Trinajstić information content (AvgIpc) is 3.13. The zero-order valence-electron chi connectivity index (χ0n) is 16.3. The SMILES string of the molecule is CCCC(C)n1c(-c2ccc3c(c2)NC(=O)CO3)csc1=Nc1ccccc1F. The molecule has 0 fully saturated rings. The van der Waals surface area contributed by atoms with Gasteiger partial charge >= 0.3 is 0 Å². The molecule has 4 rings (SSSR count). The van der Waals surface area contributed by atoms with Crippen molar-refractivity contribution in [2.45, 2.75) is 32.7 Å². The smallest absolute Gasteiger partial charge is 0.262 e. The maximum Gasteiger partial charge on any atom is 0.262 e. The molecule has 1 unspecified atom stereocenters. The van der Waals surface area contributed by atoms with E-state index in [4.69, 9.17) is 4.74 Å². The molecule has 0 saturated heterocycles. The number of thiazole rings is 1. The van der Waals surface area contributed by atoms with Crippen LogP contribution in [0.25, 0.3) is 11.3 Å². The van der Waals surface area contributed by atoms with Gasteiger partial charge in [-0.15, -0.1) is 11.3 Å². The summed E-state index contributed by atoms with van der Waals surface area (Å²) in [6.07, 6.45) is 2.00. The minimum absolute atomic E-state index is 0.0317. The first kappa shape index (κ1) is 19.4. The summed E-state index contributed by atoms with van der Waals surface area (Å²) in [6, 6.07) is 12.5. The van der Waals surface area contributed by atoms with Crippen LogP contribution in [-0.2, 0) is 4.79 Å². The maximum atomic E-state index is 14.2. The van der Waals surface area contributed by atoms with Gasteiger partial charge in [-0.3, -0.25) is 4.79 Å². The Kier molecular flexibility index (Phi) is 5.49. The topological polar surface area (TPSA) is 55.6 Å². The van der Waals surface area contributed by atoms with Crippen LogP contribution in [0.1, 0.15) is 32.7 Å². The molecule has 1 atom stereocenters. The van der Waals surface area contributed by atoms with E-state index in [1.54, 1.807) is 18.2 Å². The number of aromatic nitrogens is 1. The molecular formula is C22H22FN3O2S. The minimum atomic E-state index is -0.342. The highest BCUT2D eigenvalue weighted by Crippen LogP contribution is 2.34. The van der Waals surface area contributed by atoms with Crippen LogP contribution >= 0.6 is 11.3 Å². The van der Waals surface area contributed by atoms with Crippen molar-refractivity contribution in [2.75, 3.05) is 11.9 Å². The van der Waals surface area contributed by atoms with Crippen molar-refractivity contribution in [3.05, 3.63) is 58.5 Å². The highest BCUT2D eigenvalue weighted by atomic mass is 32.1. The van der Waals surface area contributed by atoms with Crippen molar-refractivity contribution in [1.82, 2.24) is 4.57 Å². The first-order valence-corrected chi connectivity index (χ1v) is 10.5. The first-order chi connectivity index (χ1) is 14.1. The molecule has 0 aliphatic carbocycles. The Hall–Kier alpha value is -2.93. The molecule has 0 radical (unpaired) electrons. The normalized spacial score (nSPS) is 14.9. The Morgan fingerprint density at radius 2 is 2.14 bits per heavy atom. The molecule has 0 spiro atoms. The molecule has 1 aliphatic heterocycles. The van der Waals surface area contributed by atoms with Crippen LogP contribution in [0.2, 0.25) is 0 Å². The quantitative estimate of drug-likeness (QED) is 0.621. The largest absolute Gasteiger partial charge is 0.482 e. The summed E-state index contributed by atoms with van der Waals surface area (Å²) in [5, 5.41) is 4.88. The Labute approximate surface area is 172 Å². The molecule has 2 aromatic carbocycles. The number of benzene rings is 2. The summed E-state index contributed by atoms with van der Waals surface area (Å²) < 4.78 is 21.8. The van der Waals surface area contributed by atoms with Gasteiger partial charge in [-0.2, -0.15) is 0 Å². The Morgan fingerprint density at radius 3 is 2.93 bits per heavy atom. The lowest BCUT2D eigenvalue weighted by Gasteiger charge is -2.20. The maximum absolute atomic E-state index is 14.2. The van der Waals surface area contributed by atoms with Gasteiger partial charge in [-0.1, -0.05) is 25.5 Å². The molecule has 1 aromatic heterocycles. The lowest BCUT2D eigenvalue weighted by atomic mass is 10.1. The van der Waals surface area contributed by atoms with Crippen molar-refractivity contribution in [3.63, 3.8) is 0 Å². The number of anilines is 1. The van der Waals surface area contributed by atoms with E-state index in [1.807, 2.05) is 23.6 Å². The van der Waals surface area contributed by atoms with Gasteiger partial charge in [0.15, 0.2) is 11.4 Å². The summed E-state index contributed by atoms with van der Waals surface area (Å²) in [7, 11) is 0. The standard InChI is InChI=1S/C22H22FN3O2S/c1-3-6-14(2)26-19(13-29-22(26)25-17-8-5-4-7-16(17)23)15-9-10-20-18(11-15)24-21(27)12-28-20/h4-5,7-11,13-14H,3,6,12H2,1-2H3,(H,24,27). The van der Waals surface area contributed by atoms with Gasteiger partial charge in [0, 0.05) is 17.0 Å². The van der Waals surface area contributed by atoms with E-state index in [0.717, 1.165) is 28.9 Å². The monoisotopic (exact) mass is 411 g/mol. The van der Waals surface area contributed by atoms with Crippen molar-refractivity contribution < 1.29 is 13.9 Å². The third kappa shape index (κ3) is 3.96. The number of halogens is 1. The van der Waals surface area contributed by atoms with Crippen LogP contribution in [0.3, 0.4) is 0 Å². The number of hydrogen-bond donors (Lipinski definition) is 1. The van der Waals surface area contributed by atoms with Crippen molar-refractivity contribution in [3.8, 4) is 17.0 Å². The zero-order valence-corrected chi connectivity index (χ0v) is 17.1. The fourth-order valence-electron chi connectivity index (χ4n) is 3.47. The van der Waals surface area contributed by atoms with Crippen LogP contribution in [0, 0.1) is 5.82 Å². The van der Waals surface area contributed by atoms with E-state index in [1.165, 1.54) is 17.4 Å². The van der Waals surface area contributed by atoms with Crippen LogP contribution in [0.15, 0.2) is 52.8 Å². The molecule has 0 saturated carbocycles. The Bertz CT molecular complexity index is 1120. The number of hydrogen-bond acceptors (Lipinski definition) is 4. The van der Waals surface area contributed by atoms with E-state index in [-0.39, 0.29) is 24.4 Å². The zero-order chi connectivity index (χ0) is 20.4. The van der Waals surface area contributed by atoms with Crippen molar-refractivity contribution >= 4 is 28.6 Å². The second-order valence-electron chi connectivity index (χ2n) is 7.02. The lowest BCUT2D eigenvalue weighted by molar-refractivity contribution is -0.118. The molecule has 3 aromatic rings. The van der Waals surface area contributed by atoms with E-state index in [0.29, 0.717) is 17.1 Å². The Morgan fingerprint density at radius 1 is 1.31 bits per heavy atom. The molecule has 2 heterocycles. The summed E-state index contributed by atoms with van der Waals surface area (Å²) in [6.45, 7) is 4.32. The molecule has 7 heteroatoms. The van der Waals surface area contributed by atoms with Crippen molar-refractivity contribution in [1.29, 1.82) is 0 Å². The predicted molar refractivity (Wildman–Crippen MR) is 113 cm³/mol. The summed E-state index contributed by atoms with van der Waals surface area (Å²) >= 11 is 1.48. The molecule has 1 amide bonds. The fraction of sp³-hybridized carbons (Fsp3) is 0.273. The average molecular weight is 412 g/mol. The molecule has 29 heavy (non-hydrogen) atoms. The van der Waals surface area contributed by atoms with Gasteiger partial charge in [0.25, 0.3) is 5.91 Å². The number of rotatable bonds is 5. The second kappa shape index (κ2) is 8.21. The van der Waals surface area contributed by atoms with Gasteiger partial charge in [0.05, 0.1) is 11.4 Å². The van der Waals surface area contributed by atoms with Gasteiger partial charge in [-0.05, 0) is 43.7 Å². The number of nitrogens with one attached hydrogen (secondary N) is 1. The summed E-state index contributed by atoms with van der Waals surface area (Å²) in [5.41, 5.74) is 2.91. The number of ether oxygens (including phenoxy) is 1. The Balaban J connectivity index is 1.84. The molecule has 1 aliphatic rings. The van der Waals surface area contributed by atoms with E-state index >= 15 is 0 Å². The third-order valence-corrected chi connectivity index (χ3v) is 5.71. The number of para-hydroxylation sites is 1. The molecule has 5 nitrogen and oxygen atoms in total. The van der Waals surface area contributed by atoms with E-state index in [9.17, 15) is 9.18 Å². The van der Waals surface area contributed by atoms with Crippen LogP contribution in [0.5, 0.6) is 5.75 Å². The number of nitrogens with zero attached hydrogens (tertiary/aromatic N) is 2. The lowest BCUT2D eigenvalue weighted by Crippen LogP contribution is -2.25. The van der Waals surface area contributed by atoms with E-state index in [2.05, 4.69) is 28.7 Å². The third-order valence-electron chi connectivity index (χ3n) is 4.87. The van der Waals surface area contributed by atoms with Gasteiger partial charge in [-0.25, -0.2) is 9.38 Å². The highest BCUT2D eigenvalue weighted by Gasteiger charge is 2.19. The number of fused-ring (bicyclic) bond motifs is 1. The summed E-state index contributed by atoms with van der Waals surface area (Å²) in [4.78, 5) is 17.0. The first-order valence-electron chi connectivity index (χ1n) is 9.63. The van der Waals surface area contributed by atoms with Gasteiger partial charge in [0.1, 0.15) is 17.3 Å². The molecule has 1 N–H and O–H groups in total. The van der Waals surface area contributed by atoms with Crippen LogP contribution in [0.4, 0.5) is 15.8 Å². The van der Waals surface area contributed by atoms with Gasteiger partial charge in [0.2, 0.25) is 0 Å². The molecule has 0 bridgehead atoms. The number of amides is 1. The van der Waals surface area contributed by atoms with Crippen molar-refractivity contribution in [2.24, 2.45) is 4.99 Å². The van der Waals surface area contributed by atoms with E-state index < -0.39 is 0 Å². The second-order valence-corrected chi connectivity index (χ2v) is 7.86. The van der Waals surface area contributed by atoms with Gasteiger partial charge < -0.3 is 14.6 Å².